The molecule has 1 aromatic rings. The van der Waals surface area contributed by atoms with Gasteiger partial charge in [0, 0.05) is 13.0 Å². The van der Waals surface area contributed by atoms with E-state index in [1.54, 1.807) is 7.11 Å². The predicted molar refractivity (Wildman–Crippen MR) is 72.2 cm³/mol. The standard InChI is InChI=1S/C14H21NO3/c1-10-8-12(13(17-3)9-11(10)2)15-7-5-6-14(16)18-4/h8-9,15H,5-7H2,1-4H3. The van der Waals surface area contributed by atoms with Crippen LogP contribution in [0.4, 0.5) is 5.69 Å². The number of benzene rings is 1. The summed E-state index contributed by atoms with van der Waals surface area (Å²) in [6.07, 6.45) is 1.17. The van der Waals surface area contributed by atoms with Gasteiger partial charge in [-0.1, -0.05) is 0 Å². The Morgan fingerprint density at radius 2 is 1.89 bits per heavy atom. The van der Waals surface area contributed by atoms with Gasteiger partial charge in [0.2, 0.25) is 0 Å². The lowest BCUT2D eigenvalue weighted by Gasteiger charge is -2.13. The molecule has 0 aromatic heterocycles. The highest BCUT2D eigenvalue weighted by molar-refractivity contribution is 5.69. The van der Waals surface area contributed by atoms with Crippen molar-refractivity contribution in [3.63, 3.8) is 0 Å². The summed E-state index contributed by atoms with van der Waals surface area (Å²) in [6, 6.07) is 4.07. The number of anilines is 1. The molecule has 0 saturated heterocycles. The summed E-state index contributed by atoms with van der Waals surface area (Å²) in [7, 11) is 3.06. The lowest BCUT2D eigenvalue weighted by Crippen LogP contribution is -2.07. The largest absolute Gasteiger partial charge is 0.495 e. The van der Waals surface area contributed by atoms with Gasteiger partial charge in [0.15, 0.2) is 0 Å². The number of aryl methyl sites for hydroxylation is 2. The van der Waals surface area contributed by atoms with Crippen molar-refractivity contribution in [3.05, 3.63) is 23.3 Å². The minimum Gasteiger partial charge on any atom is -0.495 e. The van der Waals surface area contributed by atoms with Gasteiger partial charge in [-0.3, -0.25) is 4.79 Å². The monoisotopic (exact) mass is 251 g/mol. The summed E-state index contributed by atoms with van der Waals surface area (Å²) < 4.78 is 9.92. The Balaban J connectivity index is 2.56. The lowest BCUT2D eigenvalue weighted by atomic mass is 10.1. The maximum absolute atomic E-state index is 11.0. The summed E-state index contributed by atoms with van der Waals surface area (Å²) in [5, 5.41) is 3.28. The molecule has 0 saturated carbocycles. The molecule has 0 atom stereocenters. The molecule has 0 heterocycles. The summed E-state index contributed by atoms with van der Waals surface area (Å²) in [5.41, 5.74) is 3.38. The number of nitrogens with one attached hydrogen (secondary N) is 1. The van der Waals surface area contributed by atoms with Crippen LogP contribution in [-0.2, 0) is 9.53 Å². The average Bonchev–Trinajstić information content (AvgIpc) is 2.37. The highest BCUT2D eigenvalue weighted by Gasteiger charge is 2.06. The second kappa shape index (κ2) is 6.89. The van der Waals surface area contributed by atoms with Gasteiger partial charge in [-0.15, -0.1) is 0 Å². The van der Waals surface area contributed by atoms with E-state index >= 15 is 0 Å². The number of hydrogen-bond donors (Lipinski definition) is 1. The Morgan fingerprint density at radius 3 is 2.50 bits per heavy atom. The average molecular weight is 251 g/mol. The first-order valence-electron chi connectivity index (χ1n) is 6.04. The van der Waals surface area contributed by atoms with Crippen molar-refractivity contribution in [2.45, 2.75) is 26.7 Å². The summed E-state index contributed by atoms with van der Waals surface area (Å²) in [6.45, 7) is 4.83. The number of hydrogen-bond acceptors (Lipinski definition) is 4. The van der Waals surface area contributed by atoms with Crippen LogP contribution in [0.2, 0.25) is 0 Å². The molecule has 0 aliphatic heterocycles. The second-order valence-corrected chi connectivity index (χ2v) is 4.24. The third-order valence-corrected chi connectivity index (χ3v) is 2.92. The van der Waals surface area contributed by atoms with E-state index in [0.717, 1.165) is 17.9 Å². The first kappa shape index (κ1) is 14.4. The molecule has 1 N–H and O–H groups in total. The van der Waals surface area contributed by atoms with E-state index < -0.39 is 0 Å². The molecule has 0 aliphatic rings. The highest BCUT2D eigenvalue weighted by Crippen LogP contribution is 2.27. The number of carbonyl (C=O) groups excluding carboxylic acids is 1. The maximum atomic E-state index is 11.0. The Labute approximate surface area is 108 Å². The second-order valence-electron chi connectivity index (χ2n) is 4.24. The van der Waals surface area contributed by atoms with Crippen molar-refractivity contribution < 1.29 is 14.3 Å². The Bertz CT molecular complexity index is 416. The van der Waals surface area contributed by atoms with E-state index in [-0.39, 0.29) is 5.97 Å². The van der Waals surface area contributed by atoms with Gasteiger partial charge in [0.05, 0.1) is 19.9 Å². The zero-order valence-electron chi connectivity index (χ0n) is 11.5. The van der Waals surface area contributed by atoms with Gasteiger partial charge in [-0.05, 0) is 43.5 Å². The van der Waals surface area contributed by atoms with Crippen molar-refractivity contribution in [2.75, 3.05) is 26.1 Å². The third-order valence-electron chi connectivity index (χ3n) is 2.92. The molecule has 1 aromatic carbocycles. The Morgan fingerprint density at radius 1 is 1.22 bits per heavy atom. The molecule has 18 heavy (non-hydrogen) atoms. The van der Waals surface area contributed by atoms with Crippen LogP contribution in [0.3, 0.4) is 0 Å². The smallest absolute Gasteiger partial charge is 0.305 e. The van der Waals surface area contributed by atoms with E-state index in [2.05, 4.69) is 30.0 Å². The minimum atomic E-state index is -0.177. The van der Waals surface area contributed by atoms with Crippen molar-refractivity contribution >= 4 is 11.7 Å². The molecular weight excluding hydrogens is 230 g/mol. The molecular formula is C14H21NO3. The van der Waals surface area contributed by atoms with Crippen LogP contribution in [0.15, 0.2) is 12.1 Å². The summed E-state index contributed by atoms with van der Waals surface area (Å²) in [4.78, 5) is 11.0. The van der Waals surface area contributed by atoms with Crippen LogP contribution >= 0.6 is 0 Å². The number of rotatable bonds is 6. The fraction of sp³-hybridized carbons (Fsp3) is 0.500. The molecule has 100 valence electrons. The van der Waals surface area contributed by atoms with Crippen LogP contribution in [0, 0.1) is 13.8 Å². The molecule has 0 aliphatic carbocycles. The molecule has 0 amide bonds. The Kier molecular flexibility index (Phi) is 5.49. The van der Waals surface area contributed by atoms with Crippen LogP contribution in [0.25, 0.3) is 0 Å². The predicted octanol–water partition coefficient (Wildman–Crippen LogP) is 2.68. The lowest BCUT2D eigenvalue weighted by molar-refractivity contribution is -0.140. The van der Waals surface area contributed by atoms with Crippen LogP contribution in [0.1, 0.15) is 24.0 Å². The summed E-state index contributed by atoms with van der Waals surface area (Å²) in [5.74, 6) is 0.653. The molecule has 0 spiro atoms. The number of esters is 1. The molecule has 0 radical (unpaired) electrons. The SMILES string of the molecule is COC(=O)CCCNc1cc(C)c(C)cc1OC. The van der Waals surface area contributed by atoms with E-state index in [1.165, 1.54) is 18.2 Å². The van der Waals surface area contributed by atoms with Gasteiger partial charge in [-0.25, -0.2) is 0 Å². The minimum absolute atomic E-state index is 0.177. The van der Waals surface area contributed by atoms with Crippen LogP contribution < -0.4 is 10.1 Å². The fourth-order valence-electron chi connectivity index (χ4n) is 1.65. The normalized spacial score (nSPS) is 10.0. The van der Waals surface area contributed by atoms with Crippen molar-refractivity contribution in [2.24, 2.45) is 0 Å². The van der Waals surface area contributed by atoms with Crippen molar-refractivity contribution in [3.8, 4) is 5.75 Å². The van der Waals surface area contributed by atoms with Gasteiger partial charge < -0.3 is 14.8 Å². The molecule has 0 fully saturated rings. The topological polar surface area (TPSA) is 47.6 Å². The zero-order chi connectivity index (χ0) is 13.5. The van der Waals surface area contributed by atoms with E-state index in [4.69, 9.17) is 4.74 Å². The zero-order valence-corrected chi connectivity index (χ0v) is 11.5. The summed E-state index contributed by atoms with van der Waals surface area (Å²) >= 11 is 0. The maximum Gasteiger partial charge on any atom is 0.305 e. The first-order chi connectivity index (χ1) is 8.58. The van der Waals surface area contributed by atoms with Gasteiger partial charge in [0.25, 0.3) is 0 Å². The van der Waals surface area contributed by atoms with Crippen molar-refractivity contribution in [1.82, 2.24) is 0 Å². The van der Waals surface area contributed by atoms with Crippen LogP contribution in [-0.4, -0.2) is 26.7 Å². The molecule has 4 nitrogen and oxygen atoms in total. The highest BCUT2D eigenvalue weighted by atomic mass is 16.5. The molecule has 4 heteroatoms. The van der Waals surface area contributed by atoms with Gasteiger partial charge in [0.1, 0.15) is 5.75 Å². The fourth-order valence-corrected chi connectivity index (χ4v) is 1.65. The third kappa shape index (κ3) is 3.95. The molecule has 0 bridgehead atoms. The van der Waals surface area contributed by atoms with E-state index in [0.29, 0.717) is 13.0 Å². The Hall–Kier alpha value is -1.71. The van der Waals surface area contributed by atoms with E-state index in [1.807, 2.05) is 6.07 Å². The van der Waals surface area contributed by atoms with Gasteiger partial charge >= 0.3 is 5.97 Å². The molecule has 1 rings (SSSR count). The van der Waals surface area contributed by atoms with E-state index in [9.17, 15) is 4.79 Å². The number of methoxy groups -OCH3 is 2. The van der Waals surface area contributed by atoms with Crippen molar-refractivity contribution in [1.29, 1.82) is 0 Å². The first-order valence-corrected chi connectivity index (χ1v) is 6.04. The van der Waals surface area contributed by atoms with Gasteiger partial charge in [-0.2, -0.15) is 0 Å². The number of ether oxygens (including phenoxy) is 2. The quantitative estimate of drug-likeness (QED) is 0.623. The molecule has 0 unspecified atom stereocenters. The van der Waals surface area contributed by atoms with Crippen LogP contribution in [0.5, 0.6) is 5.75 Å². The number of carbonyl (C=O) groups is 1.